The predicted octanol–water partition coefficient (Wildman–Crippen LogP) is 1.36. The number of aliphatic hydroxyl groups is 1. The van der Waals surface area contributed by atoms with E-state index in [9.17, 15) is 9.90 Å². The number of piperazine rings is 1. The van der Waals surface area contributed by atoms with Gasteiger partial charge in [0.05, 0.1) is 18.6 Å². The second-order valence-electron chi connectivity index (χ2n) is 6.93. The lowest BCUT2D eigenvalue weighted by molar-refractivity contribution is -0.138. The molecule has 0 aliphatic carbocycles. The molecule has 1 aliphatic rings. The number of aromatic nitrogens is 2. The van der Waals surface area contributed by atoms with E-state index in [2.05, 4.69) is 9.88 Å². The number of amides is 1. The fourth-order valence-corrected chi connectivity index (χ4v) is 3.21. The van der Waals surface area contributed by atoms with Crippen molar-refractivity contribution in [2.24, 2.45) is 7.05 Å². The molecule has 1 N–H and O–H groups in total. The quantitative estimate of drug-likeness (QED) is 0.891. The van der Waals surface area contributed by atoms with Crippen LogP contribution in [0.5, 0.6) is 0 Å². The molecule has 0 radical (unpaired) electrons. The first-order valence-corrected chi connectivity index (χ1v) is 8.70. The highest BCUT2D eigenvalue weighted by Gasteiger charge is 2.30. The monoisotopic (exact) mass is 342 g/mol. The highest BCUT2D eigenvalue weighted by atomic mass is 16.3. The molecule has 2 heterocycles. The summed E-state index contributed by atoms with van der Waals surface area (Å²) < 4.78 is 2.02. The van der Waals surface area contributed by atoms with E-state index in [1.165, 1.54) is 0 Å². The number of carbonyl (C=O) groups is 1. The normalized spacial score (nSPS) is 18.1. The number of nitrogens with zero attached hydrogens (tertiary/aromatic N) is 4. The summed E-state index contributed by atoms with van der Waals surface area (Å²) in [7, 11) is 1.99. The number of benzene rings is 1. The molecule has 25 heavy (non-hydrogen) atoms. The van der Waals surface area contributed by atoms with Crippen LogP contribution in [0.2, 0.25) is 0 Å². The Morgan fingerprint density at radius 2 is 1.88 bits per heavy atom. The van der Waals surface area contributed by atoms with E-state index in [-0.39, 0.29) is 12.3 Å². The summed E-state index contributed by atoms with van der Waals surface area (Å²) in [6.07, 6.45) is 3.86. The molecule has 0 bridgehead atoms. The standard InChI is InChI=1S/C19H26N4O2/c1-19(25,16-6-4-3-5-7-16)14-18(24)23-12-10-22(11-13-23)15-17-20-8-9-21(17)2/h3-9,25H,10-15H2,1-2H3. The largest absolute Gasteiger partial charge is 0.385 e. The summed E-state index contributed by atoms with van der Waals surface area (Å²) in [6, 6.07) is 9.38. The van der Waals surface area contributed by atoms with Gasteiger partial charge in [-0.2, -0.15) is 0 Å². The second kappa shape index (κ2) is 7.37. The van der Waals surface area contributed by atoms with Gasteiger partial charge in [0.25, 0.3) is 0 Å². The Morgan fingerprint density at radius 1 is 1.20 bits per heavy atom. The van der Waals surface area contributed by atoms with Crippen LogP contribution in [-0.2, 0) is 24.0 Å². The van der Waals surface area contributed by atoms with Crippen molar-refractivity contribution in [1.82, 2.24) is 19.4 Å². The molecule has 6 nitrogen and oxygen atoms in total. The second-order valence-corrected chi connectivity index (χ2v) is 6.93. The molecule has 1 fully saturated rings. The zero-order valence-electron chi connectivity index (χ0n) is 14.9. The van der Waals surface area contributed by atoms with E-state index in [4.69, 9.17) is 0 Å². The number of hydrogen-bond donors (Lipinski definition) is 1. The number of hydrogen-bond acceptors (Lipinski definition) is 4. The van der Waals surface area contributed by atoms with E-state index in [1.54, 1.807) is 13.1 Å². The van der Waals surface area contributed by atoms with Crippen molar-refractivity contribution in [3.8, 4) is 0 Å². The maximum atomic E-state index is 12.6. The molecule has 1 aliphatic heterocycles. The highest BCUT2D eigenvalue weighted by Crippen LogP contribution is 2.25. The minimum absolute atomic E-state index is 0.00509. The lowest BCUT2D eigenvalue weighted by atomic mass is 9.92. The summed E-state index contributed by atoms with van der Waals surface area (Å²) in [5.41, 5.74) is -0.362. The fraction of sp³-hybridized carbons (Fsp3) is 0.474. The van der Waals surface area contributed by atoms with Crippen LogP contribution >= 0.6 is 0 Å². The Hall–Kier alpha value is -2.18. The molecule has 1 unspecified atom stereocenters. The zero-order chi connectivity index (χ0) is 17.9. The van der Waals surface area contributed by atoms with E-state index in [1.807, 2.05) is 53.0 Å². The third-order valence-electron chi connectivity index (χ3n) is 4.90. The third-order valence-corrected chi connectivity index (χ3v) is 4.90. The molecular formula is C19H26N4O2. The molecule has 0 saturated carbocycles. The molecule has 0 spiro atoms. The van der Waals surface area contributed by atoms with Crippen LogP contribution in [0.1, 0.15) is 24.7 Å². The van der Waals surface area contributed by atoms with Gasteiger partial charge >= 0.3 is 0 Å². The molecule has 1 atom stereocenters. The number of rotatable bonds is 5. The van der Waals surface area contributed by atoms with Gasteiger partial charge in [-0.15, -0.1) is 0 Å². The average Bonchev–Trinajstić information content (AvgIpc) is 3.01. The maximum Gasteiger partial charge on any atom is 0.225 e. The molecule has 1 aromatic carbocycles. The molecule has 1 amide bonds. The van der Waals surface area contributed by atoms with Crippen molar-refractivity contribution in [2.75, 3.05) is 26.2 Å². The lowest BCUT2D eigenvalue weighted by Crippen LogP contribution is -2.49. The van der Waals surface area contributed by atoms with Gasteiger partial charge in [-0.05, 0) is 12.5 Å². The van der Waals surface area contributed by atoms with Crippen molar-refractivity contribution in [3.63, 3.8) is 0 Å². The Bertz CT molecular complexity index is 703. The van der Waals surface area contributed by atoms with Crippen LogP contribution in [0.25, 0.3) is 0 Å². The van der Waals surface area contributed by atoms with Crippen LogP contribution in [-0.4, -0.2) is 56.5 Å². The summed E-state index contributed by atoms with van der Waals surface area (Å²) in [5, 5.41) is 10.7. The first-order chi connectivity index (χ1) is 12.0. The Kier molecular flexibility index (Phi) is 5.20. The van der Waals surface area contributed by atoms with E-state index < -0.39 is 5.60 Å². The molecule has 1 saturated heterocycles. The minimum Gasteiger partial charge on any atom is -0.385 e. The van der Waals surface area contributed by atoms with Crippen LogP contribution in [0.3, 0.4) is 0 Å². The van der Waals surface area contributed by atoms with Gasteiger partial charge in [-0.1, -0.05) is 30.3 Å². The topological polar surface area (TPSA) is 61.6 Å². The van der Waals surface area contributed by atoms with Crippen LogP contribution in [0.15, 0.2) is 42.7 Å². The smallest absolute Gasteiger partial charge is 0.225 e. The van der Waals surface area contributed by atoms with Gasteiger partial charge in [-0.3, -0.25) is 9.69 Å². The summed E-state index contributed by atoms with van der Waals surface area (Å²) in [6.45, 7) is 5.53. The van der Waals surface area contributed by atoms with Crippen molar-refractivity contribution in [1.29, 1.82) is 0 Å². The molecular weight excluding hydrogens is 316 g/mol. The van der Waals surface area contributed by atoms with E-state index in [0.717, 1.165) is 31.0 Å². The molecule has 6 heteroatoms. The first-order valence-electron chi connectivity index (χ1n) is 8.70. The predicted molar refractivity (Wildman–Crippen MR) is 95.7 cm³/mol. The van der Waals surface area contributed by atoms with Gasteiger partial charge < -0.3 is 14.6 Å². The SMILES string of the molecule is Cn1ccnc1CN1CCN(C(=O)CC(C)(O)c2ccccc2)CC1. The summed E-state index contributed by atoms with van der Waals surface area (Å²) >= 11 is 0. The minimum atomic E-state index is -1.14. The summed E-state index contributed by atoms with van der Waals surface area (Å²) in [5.74, 6) is 1.04. The van der Waals surface area contributed by atoms with Gasteiger partial charge in [0.1, 0.15) is 5.82 Å². The lowest BCUT2D eigenvalue weighted by Gasteiger charge is -2.36. The van der Waals surface area contributed by atoms with Crippen molar-refractivity contribution in [3.05, 3.63) is 54.1 Å². The van der Waals surface area contributed by atoms with E-state index >= 15 is 0 Å². The molecule has 3 rings (SSSR count). The van der Waals surface area contributed by atoms with Gasteiger partial charge in [-0.25, -0.2) is 4.98 Å². The van der Waals surface area contributed by atoms with E-state index in [0.29, 0.717) is 13.1 Å². The fourth-order valence-electron chi connectivity index (χ4n) is 3.21. The average molecular weight is 342 g/mol. The van der Waals surface area contributed by atoms with Crippen LogP contribution < -0.4 is 0 Å². The molecule has 2 aromatic rings. The summed E-state index contributed by atoms with van der Waals surface area (Å²) in [4.78, 5) is 21.1. The Balaban J connectivity index is 1.52. The van der Waals surface area contributed by atoms with Crippen molar-refractivity contribution < 1.29 is 9.90 Å². The van der Waals surface area contributed by atoms with Crippen molar-refractivity contribution in [2.45, 2.75) is 25.5 Å². The number of aryl methyl sites for hydroxylation is 1. The van der Waals surface area contributed by atoms with Crippen LogP contribution in [0, 0.1) is 0 Å². The first kappa shape index (κ1) is 17.6. The Labute approximate surface area is 148 Å². The van der Waals surface area contributed by atoms with Gasteiger partial charge in [0, 0.05) is 45.6 Å². The highest BCUT2D eigenvalue weighted by molar-refractivity contribution is 5.77. The Morgan fingerprint density at radius 3 is 2.48 bits per heavy atom. The number of imidazole rings is 1. The van der Waals surface area contributed by atoms with Crippen molar-refractivity contribution >= 4 is 5.91 Å². The molecule has 1 aromatic heterocycles. The van der Waals surface area contributed by atoms with Gasteiger partial charge in [0.15, 0.2) is 0 Å². The van der Waals surface area contributed by atoms with Gasteiger partial charge in [0.2, 0.25) is 5.91 Å². The molecule has 134 valence electrons. The van der Waals surface area contributed by atoms with Crippen LogP contribution in [0.4, 0.5) is 0 Å². The number of carbonyl (C=O) groups excluding carboxylic acids is 1. The zero-order valence-corrected chi connectivity index (χ0v) is 14.9. The third kappa shape index (κ3) is 4.27. The maximum absolute atomic E-state index is 12.6.